The third kappa shape index (κ3) is 2.86. The maximum atomic E-state index is 5.75. The molecule has 4 nitrogen and oxygen atoms in total. The second-order valence-corrected chi connectivity index (χ2v) is 5.50. The van der Waals surface area contributed by atoms with E-state index < -0.39 is 0 Å². The molecule has 2 N–H and O–H groups in total. The molecule has 0 spiro atoms. The maximum absolute atomic E-state index is 5.75. The fraction of sp³-hybridized carbons (Fsp3) is 0.846. The lowest BCUT2D eigenvalue weighted by atomic mass is 10.0. The summed E-state index contributed by atoms with van der Waals surface area (Å²) in [6, 6.07) is 0.574. The van der Waals surface area contributed by atoms with Crippen LogP contribution in [0, 0.1) is 5.92 Å². The first-order valence-corrected chi connectivity index (χ1v) is 6.85. The van der Waals surface area contributed by atoms with Gasteiger partial charge < -0.3 is 5.73 Å². The lowest BCUT2D eigenvalue weighted by molar-refractivity contribution is 0.430. The molecule has 0 unspecified atom stereocenters. The minimum absolute atomic E-state index is 0.514. The average molecular weight is 236 g/mol. The molecular weight excluding hydrogens is 212 g/mol. The predicted molar refractivity (Wildman–Crippen MR) is 68.6 cm³/mol. The second kappa shape index (κ2) is 5.63. The van der Waals surface area contributed by atoms with E-state index in [1.807, 2.05) is 0 Å². The van der Waals surface area contributed by atoms with E-state index in [1.54, 1.807) is 0 Å². The summed E-state index contributed by atoms with van der Waals surface area (Å²) in [5.41, 5.74) is 8.04. The zero-order valence-electron chi connectivity index (χ0n) is 11.0. The summed E-state index contributed by atoms with van der Waals surface area (Å²) in [5.74, 6) is 0.715. The molecule has 0 aromatic carbocycles. The number of hydrogen-bond donors (Lipinski definition) is 1. The van der Waals surface area contributed by atoms with Crippen LogP contribution in [0.2, 0.25) is 0 Å². The maximum Gasteiger partial charge on any atom is 0.0994 e. The lowest BCUT2D eigenvalue weighted by Crippen LogP contribution is -2.13. The van der Waals surface area contributed by atoms with Crippen LogP contribution in [0.4, 0.5) is 0 Å². The zero-order chi connectivity index (χ0) is 12.3. The molecule has 1 aromatic heterocycles. The Labute approximate surface area is 104 Å². The summed E-state index contributed by atoms with van der Waals surface area (Å²) in [5, 5.41) is 8.58. The highest BCUT2D eigenvalue weighted by Gasteiger charge is 2.22. The van der Waals surface area contributed by atoms with Crippen molar-refractivity contribution in [3.05, 3.63) is 11.4 Å². The van der Waals surface area contributed by atoms with Crippen LogP contribution >= 0.6 is 0 Å². The van der Waals surface area contributed by atoms with Crippen molar-refractivity contribution in [2.24, 2.45) is 11.7 Å². The highest BCUT2D eigenvalue weighted by atomic mass is 15.4. The van der Waals surface area contributed by atoms with Crippen molar-refractivity contribution < 1.29 is 0 Å². The van der Waals surface area contributed by atoms with Crippen molar-refractivity contribution >= 4 is 0 Å². The largest absolute Gasteiger partial charge is 0.325 e. The van der Waals surface area contributed by atoms with Gasteiger partial charge in [0.1, 0.15) is 0 Å². The molecule has 1 heterocycles. The van der Waals surface area contributed by atoms with Crippen molar-refractivity contribution in [3.63, 3.8) is 0 Å². The molecule has 0 saturated heterocycles. The number of nitrogens with two attached hydrogens (primary N) is 1. The van der Waals surface area contributed by atoms with Gasteiger partial charge in [0.15, 0.2) is 0 Å². The van der Waals surface area contributed by atoms with Crippen molar-refractivity contribution in [3.8, 4) is 0 Å². The first kappa shape index (κ1) is 12.6. The van der Waals surface area contributed by atoms with Crippen LogP contribution < -0.4 is 5.73 Å². The summed E-state index contributed by atoms with van der Waals surface area (Å²) >= 11 is 0. The summed E-state index contributed by atoms with van der Waals surface area (Å²) < 4.78 is 2.16. The van der Waals surface area contributed by atoms with E-state index in [2.05, 4.69) is 28.8 Å². The standard InChI is InChI=1S/C13H24N4/c1-10(2)7-8-13-12(9-14)15-16-17(13)11-5-3-4-6-11/h10-11H,3-9,14H2,1-2H3. The van der Waals surface area contributed by atoms with E-state index in [0.29, 0.717) is 18.5 Å². The SMILES string of the molecule is CC(C)CCc1c(CN)nnn1C1CCCC1. The van der Waals surface area contributed by atoms with Crippen LogP contribution in [0.1, 0.15) is 63.4 Å². The van der Waals surface area contributed by atoms with Crippen molar-refractivity contribution in [2.45, 2.75) is 65.0 Å². The molecule has 4 heteroatoms. The van der Waals surface area contributed by atoms with Crippen LogP contribution in [-0.2, 0) is 13.0 Å². The number of rotatable bonds is 5. The van der Waals surface area contributed by atoms with Crippen molar-refractivity contribution in [1.82, 2.24) is 15.0 Å². The average Bonchev–Trinajstić information content (AvgIpc) is 2.94. The molecule has 1 fully saturated rings. The fourth-order valence-electron chi connectivity index (χ4n) is 2.63. The van der Waals surface area contributed by atoms with Gasteiger partial charge >= 0.3 is 0 Å². The quantitative estimate of drug-likeness (QED) is 0.854. The van der Waals surface area contributed by atoms with Crippen LogP contribution in [0.5, 0.6) is 0 Å². The summed E-state index contributed by atoms with van der Waals surface area (Å²) in [6.45, 7) is 5.03. The summed E-state index contributed by atoms with van der Waals surface area (Å²) in [6.07, 6.45) is 7.41. The van der Waals surface area contributed by atoms with Crippen molar-refractivity contribution in [2.75, 3.05) is 0 Å². The predicted octanol–water partition coefficient (Wildman–Crippen LogP) is 2.44. The Morgan fingerprint density at radius 2 is 2.06 bits per heavy atom. The molecule has 0 radical (unpaired) electrons. The minimum atomic E-state index is 0.514. The molecule has 0 atom stereocenters. The molecule has 0 bridgehead atoms. The molecule has 1 aliphatic carbocycles. The van der Waals surface area contributed by atoms with Gasteiger partial charge in [-0.25, -0.2) is 4.68 Å². The van der Waals surface area contributed by atoms with Gasteiger partial charge in [0.05, 0.1) is 17.4 Å². The molecule has 0 amide bonds. The number of aromatic nitrogens is 3. The van der Waals surface area contributed by atoms with Crippen LogP contribution in [0.3, 0.4) is 0 Å². The molecule has 96 valence electrons. The Bertz CT molecular complexity index is 350. The molecule has 17 heavy (non-hydrogen) atoms. The molecule has 2 rings (SSSR count). The smallest absolute Gasteiger partial charge is 0.0994 e. The van der Waals surface area contributed by atoms with Crippen LogP contribution in [-0.4, -0.2) is 15.0 Å². The molecule has 1 saturated carbocycles. The first-order valence-electron chi connectivity index (χ1n) is 6.85. The Balaban J connectivity index is 2.16. The Kier molecular flexibility index (Phi) is 4.15. The van der Waals surface area contributed by atoms with E-state index in [9.17, 15) is 0 Å². The highest BCUT2D eigenvalue weighted by molar-refractivity contribution is 5.11. The van der Waals surface area contributed by atoms with E-state index in [4.69, 9.17) is 5.73 Å². The lowest BCUT2D eigenvalue weighted by Gasteiger charge is -2.14. The van der Waals surface area contributed by atoms with Gasteiger partial charge in [-0.3, -0.25) is 0 Å². The van der Waals surface area contributed by atoms with E-state index in [0.717, 1.165) is 12.1 Å². The van der Waals surface area contributed by atoms with Gasteiger partial charge in [-0.05, 0) is 31.6 Å². The van der Waals surface area contributed by atoms with E-state index in [1.165, 1.54) is 37.8 Å². The molecule has 0 aliphatic heterocycles. The third-order valence-corrected chi connectivity index (χ3v) is 3.69. The Morgan fingerprint density at radius 3 is 2.65 bits per heavy atom. The highest BCUT2D eigenvalue weighted by Crippen LogP contribution is 2.30. The first-order chi connectivity index (χ1) is 8.22. The van der Waals surface area contributed by atoms with E-state index >= 15 is 0 Å². The van der Waals surface area contributed by atoms with Crippen molar-refractivity contribution in [1.29, 1.82) is 0 Å². The number of hydrogen-bond acceptors (Lipinski definition) is 3. The van der Waals surface area contributed by atoms with Gasteiger partial charge in [-0.2, -0.15) is 0 Å². The van der Waals surface area contributed by atoms with Crippen LogP contribution in [0.15, 0.2) is 0 Å². The summed E-state index contributed by atoms with van der Waals surface area (Å²) in [7, 11) is 0. The van der Waals surface area contributed by atoms with Gasteiger partial charge in [0.25, 0.3) is 0 Å². The molecule has 1 aromatic rings. The summed E-state index contributed by atoms with van der Waals surface area (Å²) in [4.78, 5) is 0. The second-order valence-electron chi connectivity index (χ2n) is 5.50. The Hall–Kier alpha value is -0.900. The third-order valence-electron chi connectivity index (χ3n) is 3.69. The minimum Gasteiger partial charge on any atom is -0.325 e. The van der Waals surface area contributed by atoms with Gasteiger partial charge in [-0.15, -0.1) is 5.10 Å². The van der Waals surface area contributed by atoms with Gasteiger partial charge in [0.2, 0.25) is 0 Å². The van der Waals surface area contributed by atoms with Crippen LogP contribution in [0.25, 0.3) is 0 Å². The molecule has 1 aliphatic rings. The fourth-order valence-corrected chi connectivity index (χ4v) is 2.63. The number of nitrogens with zero attached hydrogens (tertiary/aromatic N) is 3. The van der Waals surface area contributed by atoms with Gasteiger partial charge in [0, 0.05) is 6.54 Å². The molecular formula is C13H24N4. The monoisotopic (exact) mass is 236 g/mol. The normalized spacial score (nSPS) is 17.2. The zero-order valence-corrected chi connectivity index (χ0v) is 11.0. The topological polar surface area (TPSA) is 56.7 Å². The van der Waals surface area contributed by atoms with E-state index in [-0.39, 0.29) is 0 Å². The Morgan fingerprint density at radius 1 is 1.35 bits per heavy atom. The van der Waals surface area contributed by atoms with Gasteiger partial charge in [-0.1, -0.05) is 31.9 Å².